The van der Waals surface area contributed by atoms with Crippen LogP contribution in [0.2, 0.25) is 0 Å². The van der Waals surface area contributed by atoms with Crippen molar-refractivity contribution in [2.45, 2.75) is 41.6 Å². The molecule has 0 spiro atoms. The molecule has 0 unspecified atom stereocenters. The van der Waals surface area contributed by atoms with Gasteiger partial charge in [0.25, 0.3) is 0 Å². The Morgan fingerprint density at radius 2 is 0.488 bits per heavy atom. The van der Waals surface area contributed by atoms with E-state index in [1.807, 2.05) is 0 Å². The van der Waals surface area contributed by atoms with Gasteiger partial charge in [0.2, 0.25) is 22.1 Å². The van der Waals surface area contributed by atoms with Gasteiger partial charge in [-0.3, -0.25) is 36.5 Å². The summed E-state index contributed by atoms with van der Waals surface area (Å²) in [4.78, 5) is 152. The molecule has 0 aromatic heterocycles. The zero-order chi connectivity index (χ0) is 33.7. The smallest absolute Gasteiger partial charge is 0.323 e. The summed E-state index contributed by atoms with van der Waals surface area (Å²) in [6.45, 7) is 0.449. The number of hydrogen-bond acceptors (Lipinski definition) is 10. The van der Waals surface area contributed by atoms with Gasteiger partial charge in [0.05, 0.1) is 6.17 Å². The summed E-state index contributed by atoms with van der Waals surface area (Å²) >= 11 is 0. The summed E-state index contributed by atoms with van der Waals surface area (Å²) < 4.78 is 97.4. The molecule has 248 valence electrons. The fourth-order valence-electron chi connectivity index (χ4n) is 3.60. The third kappa shape index (κ3) is 11.2. The second kappa shape index (κ2) is 13.1. The number of hydrogen-bond donors (Lipinski definition) is 16. The van der Waals surface area contributed by atoms with Gasteiger partial charge in [-0.2, -0.15) is 0 Å². The van der Waals surface area contributed by atoms with E-state index in [0.29, 0.717) is 6.92 Å². The normalized spacial score (nSPS) is 15.9. The quantitative estimate of drug-likeness (QED) is 0.0578. The minimum Gasteiger partial charge on any atom is -0.323 e. The van der Waals surface area contributed by atoms with Crippen molar-refractivity contribution in [3.63, 3.8) is 0 Å². The zero-order valence-electron chi connectivity index (χ0n) is 19.5. The third-order valence-corrected chi connectivity index (χ3v) is 18.7. The van der Waals surface area contributed by atoms with Crippen LogP contribution in [0.4, 0.5) is 0 Å². The molecule has 0 saturated heterocycles. The van der Waals surface area contributed by atoms with Gasteiger partial charge in [0.15, 0.2) is 0 Å². The lowest BCUT2D eigenvalue weighted by Gasteiger charge is -2.49. The van der Waals surface area contributed by atoms with E-state index in [0.717, 1.165) is 0 Å². The Bertz CT molecular complexity index is 1050. The van der Waals surface area contributed by atoms with Crippen molar-refractivity contribution in [2.24, 2.45) is 0 Å². The number of rotatable bonds is 15. The Hall–Kier alpha value is 1.12. The standard InChI is InChI=1S/C7H26N2O24P8/c1-2-3(8(4(34(10,11)12)35(13,14)15)5(36(16,17)18)37(19,20)21)9(6(38(22,23)24)39(25,26)27)7(40(28,29)30)41(31,32)33/h3-7H,2H2,1H3,(H2,10,11,12)(H2,13,14,15)(H2,16,17,18)(H2,19,20,21)(H2,22,23,24)(H2,25,26,27)(H2,28,29,30)(H2,31,32,33). The minimum atomic E-state index is -6.80. The summed E-state index contributed by atoms with van der Waals surface area (Å²) in [6, 6.07) is 0. The van der Waals surface area contributed by atoms with Gasteiger partial charge in [-0.1, -0.05) is 6.92 Å². The molecule has 0 saturated carbocycles. The fourth-order valence-corrected chi connectivity index (χ4v) is 15.8. The first kappa shape index (κ1) is 42.1. The van der Waals surface area contributed by atoms with Crippen molar-refractivity contribution >= 4 is 60.8 Å². The highest BCUT2D eigenvalue weighted by Crippen LogP contribution is 2.73. The molecule has 26 nitrogen and oxygen atoms in total. The molecule has 0 aromatic rings. The predicted octanol–water partition coefficient (Wildman–Crippen LogP) is -3.12. The first-order valence-corrected chi connectivity index (χ1v) is 22.8. The van der Waals surface area contributed by atoms with Crippen LogP contribution in [-0.4, -0.2) is 116 Å². The van der Waals surface area contributed by atoms with Crippen LogP contribution in [-0.2, 0) is 36.5 Å². The monoisotopic (exact) mass is 770 g/mol. The van der Waals surface area contributed by atoms with E-state index in [9.17, 15) is 115 Å². The number of nitrogens with zero attached hydrogens (tertiary/aromatic N) is 2. The highest BCUT2D eigenvalue weighted by Gasteiger charge is 2.66. The molecule has 0 bridgehead atoms. The molecule has 16 N–H and O–H groups in total. The summed E-state index contributed by atoms with van der Waals surface area (Å²) in [5.74, 6) is 0. The van der Waals surface area contributed by atoms with Gasteiger partial charge >= 0.3 is 60.8 Å². The topological polar surface area (TPSA) is 467 Å². The molecule has 0 radical (unpaired) electrons. The van der Waals surface area contributed by atoms with Crippen molar-refractivity contribution in [3.05, 3.63) is 0 Å². The van der Waals surface area contributed by atoms with E-state index in [1.54, 1.807) is 0 Å². The van der Waals surface area contributed by atoms with Crippen LogP contribution in [0.3, 0.4) is 0 Å². The molecule has 0 fully saturated rings. The first-order chi connectivity index (χ1) is 17.4. The highest BCUT2D eigenvalue weighted by atomic mass is 31.3. The minimum absolute atomic E-state index is 0.449. The Labute approximate surface area is 227 Å². The van der Waals surface area contributed by atoms with Crippen molar-refractivity contribution in [2.75, 3.05) is 0 Å². The molecule has 0 rings (SSSR count). The average molecular weight is 770 g/mol. The average Bonchev–Trinajstić information content (AvgIpc) is 2.51. The van der Waals surface area contributed by atoms with E-state index < -0.39 is 105 Å². The van der Waals surface area contributed by atoms with E-state index in [1.165, 1.54) is 0 Å². The zero-order valence-corrected chi connectivity index (χ0v) is 26.6. The van der Waals surface area contributed by atoms with Gasteiger partial charge < -0.3 is 78.3 Å². The van der Waals surface area contributed by atoms with Gasteiger partial charge in [-0.25, -0.2) is 9.80 Å². The Morgan fingerprint density at radius 1 is 0.366 bits per heavy atom. The third-order valence-electron chi connectivity index (χ3n) is 4.53. The highest BCUT2D eigenvalue weighted by molar-refractivity contribution is 7.73. The van der Waals surface area contributed by atoms with Crippen molar-refractivity contribution < 1.29 is 115 Å². The maximum absolute atomic E-state index is 12.2. The van der Waals surface area contributed by atoms with E-state index in [-0.39, 0.29) is 0 Å². The Morgan fingerprint density at radius 3 is 0.561 bits per heavy atom. The maximum Gasteiger partial charge on any atom is 0.355 e. The van der Waals surface area contributed by atoms with Crippen LogP contribution in [0.1, 0.15) is 13.3 Å². The SMILES string of the molecule is CCC(N(C(P(=O)(O)O)P(=O)(O)O)C(P(=O)(O)O)P(=O)(O)O)N(C(P(=O)(O)O)P(=O)(O)O)C(P(=O)(O)O)P(=O)(O)O. The second-order valence-electron chi connectivity index (χ2n) is 7.88. The van der Waals surface area contributed by atoms with Crippen LogP contribution >= 0.6 is 60.8 Å². The lowest BCUT2D eigenvalue weighted by atomic mass is 10.3. The predicted molar refractivity (Wildman–Crippen MR) is 129 cm³/mol. The molecule has 0 aliphatic rings. The first-order valence-electron chi connectivity index (χ1n) is 9.39. The lowest BCUT2D eigenvalue weighted by Crippen LogP contribution is -2.60. The largest absolute Gasteiger partial charge is 0.355 e. The fraction of sp³-hybridized carbons (Fsp3) is 1.00. The van der Waals surface area contributed by atoms with Crippen LogP contribution < -0.4 is 0 Å². The van der Waals surface area contributed by atoms with Crippen LogP contribution in [0.25, 0.3) is 0 Å². The van der Waals surface area contributed by atoms with Crippen molar-refractivity contribution in [3.8, 4) is 0 Å². The van der Waals surface area contributed by atoms with Gasteiger partial charge in [0, 0.05) is 0 Å². The molecule has 0 heterocycles. The molecular weight excluding hydrogens is 744 g/mol. The maximum atomic E-state index is 12.2. The van der Waals surface area contributed by atoms with Gasteiger partial charge in [-0.05, 0) is 6.42 Å². The van der Waals surface area contributed by atoms with Crippen LogP contribution in [0.15, 0.2) is 0 Å². The van der Waals surface area contributed by atoms with Gasteiger partial charge in [-0.15, -0.1) is 0 Å². The van der Waals surface area contributed by atoms with Crippen molar-refractivity contribution in [1.29, 1.82) is 0 Å². The lowest BCUT2D eigenvalue weighted by molar-refractivity contribution is 0.0225. The second-order valence-corrected chi connectivity index (χ2v) is 22.8. The van der Waals surface area contributed by atoms with E-state index in [2.05, 4.69) is 0 Å². The molecule has 0 atom stereocenters. The van der Waals surface area contributed by atoms with Crippen LogP contribution in [0, 0.1) is 0 Å². The summed E-state index contributed by atoms with van der Waals surface area (Å²) in [6.07, 6.45) is -5.30. The van der Waals surface area contributed by atoms with Gasteiger partial charge in [0.1, 0.15) is 0 Å². The molecule has 34 heteroatoms. The molecule has 41 heavy (non-hydrogen) atoms. The summed E-state index contributed by atoms with van der Waals surface area (Å²) in [5.41, 5.74) is -17.1. The Kier molecular flexibility index (Phi) is 13.4. The molecule has 0 amide bonds. The Balaban J connectivity index is 8.81. The molecule has 0 aliphatic heterocycles. The molecular formula is C7H26N2O24P8. The molecule has 0 aromatic carbocycles. The van der Waals surface area contributed by atoms with Crippen LogP contribution in [0.5, 0.6) is 0 Å². The summed E-state index contributed by atoms with van der Waals surface area (Å²) in [7, 11) is -54.4. The summed E-state index contributed by atoms with van der Waals surface area (Å²) in [5, 5.41) is 0. The van der Waals surface area contributed by atoms with E-state index >= 15 is 0 Å². The van der Waals surface area contributed by atoms with Crippen molar-refractivity contribution in [1.82, 2.24) is 9.80 Å². The van der Waals surface area contributed by atoms with E-state index in [4.69, 9.17) is 0 Å². The molecule has 0 aliphatic carbocycles.